The predicted molar refractivity (Wildman–Crippen MR) is 92.5 cm³/mol. The topological polar surface area (TPSA) is 12.0 Å². The molecule has 0 amide bonds. The van der Waals surface area contributed by atoms with E-state index in [1.165, 1.54) is 36.1 Å². The molecule has 21 heavy (non-hydrogen) atoms. The maximum absolute atomic E-state index is 6.03. The SMILES string of the molecule is CCCNC(c1ccc(Cl)cc1)c1cc2c(s1)CCCC2. The summed E-state index contributed by atoms with van der Waals surface area (Å²) in [6, 6.07) is 11.0. The van der Waals surface area contributed by atoms with Crippen molar-refractivity contribution in [2.45, 2.75) is 45.1 Å². The smallest absolute Gasteiger partial charge is 0.0671 e. The van der Waals surface area contributed by atoms with Crippen LogP contribution in [0.2, 0.25) is 5.02 Å². The van der Waals surface area contributed by atoms with Gasteiger partial charge in [-0.05, 0) is 68.0 Å². The predicted octanol–water partition coefficient (Wildman–Crippen LogP) is 5.37. The van der Waals surface area contributed by atoms with Crippen LogP contribution >= 0.6 is 22.9 Å². The highest BCUT2D eigenvalue weighted by Crippen LogP contribution is 2.35. The van der Waals surface area contributed by atoms with Crippen molar-refractivity contribution in [2.75, 3.05) is 6.54 Å². The van der Waals surface area contributed by atoms with Gasteiger partial charge in [0, 0.05) is 14.8 Å². The van der Waals surface area contributed by atoms with Crippen LogP contribution in [0.1, 0.15) is 53.1 Å². The van der Waals surface area contributed by atoms with Crippen LogP contribution in [0, 0.1) is 0 Å². The molecule has 1 aliphatic rings. The Bertz CT molecular complexity index is 564. The van der Waals surface area contributed by atoms with E-state index >= 15 is 0 Å². The molecule has 3 rings (SSSR count). The van der Waals surface area contributed by atoms with Crippen molar-refractivity contribution in [1.29, 1.82) is 0 Å². The fraction of sp³-hybridized carbons (Fsp3) is 0.444. The summed E-state index contributed by atoms with van der Waals surface area (Å²) in [7, 11) is 0. The van der Waals surface area contributed by atoms with E-state index in [0.717, 1.165) is 18.0 Å². The van der Waals surface area contributed by atoms with Crippen LogP contribution in [0.4, 0.5) is 0 Å². The van der Waals surface area contributed by atoms with Gasteiger partial charge in [-0.2, -0.15) is 0 Å². The van der Waals surface area contributed by atoms with Crippen LogP contribution in [0.3, 0.4) is 0 Å². The molecule has 0 spiro atoms. The van der Waals surface area contributed by atoms with E-state index in [9.17, 15) is 0 Å². The molecule has 1 nitrogen and oxygen atoms in total. The highest BCUT2D eigenvalue weighted by Gasteiger charge is 2.20. The Balaban J connectivity index is 1.91. The van der Waals surface area contributed by atoms with E-state index < -0.39 is 0 Å². The first-order chi connectivity index (χ1) is 10.3. The summed E-state index contributed by atoms with van der Waals surface area (Å²) in [4.78, 5) is 3.06. The summed E-state index contributed by atoms with van der Waals surface area (Å²) in [5.74, 6) is 0. The Hall–Kier alpha value is -0.830. The lowest BCUT2D eigenvalue weighted by Crippen LogP contribution is -2.22. The van der Waals surface area contributed by atoms with Crippen molar-refractivity contribution >= 4 is 22.9 Å². The second-order valence-electron chi connectivity index (χ2n) is 5.74. The number of thiophene rings is 1. The van der Waals surface area contributed by atoms with Crippen LogP contribution in [0.5, 0.6) is 0 Å². The molecule has 3 heteroatoms. The number of fused-ring (bicyclic) bond motifs is 1. The molecule has 1 unspecified atom stereocenters. The van der Waals surface area contributed by atoms with E-state index in [1.54, 1.807) is 10.4 Å². The highest BCUT2D eigenvalue weighted by atomic mass is 35.5. The molecular formula is C18H22ClNS. The minimum Gasteiger partial charge on any atom is -0.306 e. The van der Waals surface area contributed by atoms with Gasteiger partial charge in [0.2, 0.25) is 0 Å². The third kappa shape index (κ3) is 3.50. The summed E-state index contributed by atoms with van der Waals surface area (Å²) in [6.07, 6.45) is 6.36. The maximum Gasteiger partial charge on any atom is 0.0671 e. The molecule has 0 saturated carbocycles. The average Bonchev–Trinajstić information content (AvgIpc) is 2.93. The Labute approximate surface area is 136 Å². The van der Waals surface area contributed by atoms with Crippen LogP contribution in [0.15, 0.2) is 30.3 Å². The number of halogens is 1. The molecule has 1 aromatic heterocycles. The Morgan fingerprint density at radius 1 is 1.19 bits per heavy atom. The van der Waals surface area contributed by atoms with Crippen LogP contribution < -0.4 is 5.32 Å². The zero-order valence-electron chi connectivity index (χ0n) is 12.5. The largest absolute Gasteiger partial charge is 0.306 e. The quantitative estimate of drug-likeness (QED) is 0.781. The minimum absolute atomic E-state index is 0.304. The fourth-order valence-electron chi connectivity index (χ4n) is 2.98. The van der Waals surface area contributed by atoms with Gasteiger partial charge in [-0.25, -0.2) is 0 Å². The summed E-state index contributed by atoms with van der Waals surface area (Å²) in [5, 5.41) is 4.50. The zero-order valence-corrected chi connectivity index (χ0v) is 14.1. The molecular weight excluding hydrogens is 298 g/mol. The van der Waals surface area contributed by atoms with Gasteiger partial charge < -0.3 is 5.32 Å². The molecule has 1 aliphatic carbocycles. The standard InChI is InChI=1S/C18H22ClNS/c1-2-11-20-18(13-7-9-15(19)10-8-13)17-12-14-5-3-4-6-16(14)21-17/h7-10,12,18,20H,2-6,11H2,1H3. The van der Waals surface area contributed by atoms with E-state index in [2.05, 4.69) is 30.4 Å². The van der Waals surface area contributed by atoms with Crippen LogP contribution in [-0.4, -0.2) is 6.54 Å². The van der Waals surface area contributed by atoms with Crippen molar-refractivity contribution < 1.29 is 0 Å². The highest BCUT2D eigenvalue weighted by molar-refractivity contribution is 7.12. The molecule has 0 bridgehead atoms. The normalized spacial score (nSPS) is 15.7. The lowest BCUT2D eigenvalue weighted by atomic mass is 9.97. The molecule has 0 fully saturated rings. The summed E-state index contributed by atoms with van der Waals surface area (Å²) < 4.78 is 0. The lowest BCUT2D eigenvalue weighted by molar-refractivity contribution is 0.605. The molecule has 1 N–H and O–H groups in total. The molecule has 1 aromatic carbocycles. The van der Waals surface area contributed by atoms with Gasteiger partial charge in [-0.15, -0.1) is 11.3 Å². The second-order valence-corrected chi connectivity index (χ2v) is 7.35. The zero-order chi connectivity index (χ0) is 14.7. The summed E-state index contributed by atoms with van der Waals surface area (Å²) >= 11 is 8.03. The fourth-order valence-corrected chi connectivity index (χ4v) is 4.47. The van der Waals surface area contributed by atoms with Crippen LogP contribution in [0.25, 0.3) is 0 Å². The molecule has 0 radical (unpaired) electrons. The molecule has 0 aliphatic heterocycles. The molecule has 2 aromatic rings. The summed E-state index contributed by atoms with van der Waals surface area (Å²) in [6.45, 7) is 3.25. The van der Waals surface area contributed by atoms with Gasteiger partial charge in [0.25, 0.3) is 0 Å². The number of rotatable bonds is 5. The number of nitrogens with one attached hydrogen (secondary N) is 1. The lowest BCUT2D eigenvalue weighted by Gasteiger charge is -2.17. The third-order valence-corrected chi connectivity index (χ3v) is 5.66. The third-order valence-electron chi connectivity index (χ3n) is 4.10. The van der Waals surface area contributed by atoms with Crippen LogP contribution in [-0.2, 0) is 12.8 Å². The summed E-state index contributed by atoms with van der Waals surface area (Å²) in [5.41, 5.74) is 2.89. The van der Waals surface area contributed by atoms with Gasteiger partial charge in [0.1, 0.15) is 0 Å². The van der Waals surface area contributed by atoms with Gasteiger partial charge in [-0.3, -0.25) is 0 Å². The molecule has 1 atom stereocenters. The van der Waals surface area contributed by atoms with Crippen molar-refractivity contribution in [3.8, 4) is 0 Å². The first-order valence-corrected chi connectivity index (χ1v) is 9.07. The van der Waals surface area contributed by atoms with Gasteiger partial charge >= 0.3 is 0 Å². The van der Waals surface area contributed by atoms with E-state index in [4.69, 9.17) is 11.6 Å². The van der Waals surface area contributed by atoms with Gasteiger partial charge in [0.05, 0.1) is 6.04 Å². The van der Waals surface area contributed by atoms with Crippen molar-refractivity contribution in [3.05, 3.63) is 56.2 Å². The Kier molecular flexibility index (Phi) is 4.99. The van der Waals surface area contributed by atoms with E-state index in [1.807, 2.05) is 23.5 Å². The van der Waals surface area contributed by atoms with Gasteiger partial charge in [0.15, 0.2) is 0 Å². The second kappa shape index (κ2) is 6.95. The van der Waals surface area contributed by atoms with E-state index in [-0.39, 0.29) is 0 Å². The number of hydrogen-bond acceptors (Lipinski definition) is 2. The molecule has 112 valence electrons. The minimum atomic E-state index is 0.304. The van der Waals surface area contributed by atoms with Crippen molar-refractivity contribution in [3.63, 3.8) is 0 Å². The number of hydrogen-bond donors (Lipinski definition) is 1. The average molecular weight is 320 g/mol. The van der Waals surface area contributed by atoms with Crippen molar-refractivity contribution in [2.24, 2.45) is 0 Å². The number of benzene rings is 1. The first kappa shape index (κ1) is 15.1. The Morgan fingerprint density at radius 2 is 1.95 bits per heavy atom. The van der Waals surface area contributed by atoms with Crippen molar-refractivity contribution in [1.82, 2.24) is 5.32 Å². The molecule has 1 heterocycles. The monoisotopic (exact) mass is 319 g/mol. The first-order valence-electron chi connectivity index (χ1n) is 7.88. The molecule has 0 saturated heterocycles. The Morgan fingerprint density at radius 3 is 2.67 bits per heavy atom. The number of aryl methyl sites for hydroxylation is 2. The van der Waals surface area contributed by atoms with Gasteiger partial charge in [-0.1, -0.05) is 30.7 Å². The maximum atomic E-state index is 6.03. The van der Waals surface area contributed by atoms with E-state index in [0.29, 0.717) is 6.04 Å².